The van der Waals surface area contributed by atoms with Crippen LogP contribution in [0.1, 0.15) is 22.9 Å². The molecule has 1 aliphatic heterocycles. The Balaban J connectivity index is 1.68. The molecule has 0 radical (unpaired) electrons. The Morgan fingerprint density at radius 3 is 2.41 bits per heavy atom. The third-order valence-electron chi connectivity index (χ3n) is 4.91. The first-order valence-electron chi connectivity index (χ1n) is 9.19. The molecule has 4 rings (SSSR count). The largest absolute Gasteiger partial charge is 0.503 e. The molecular weight excluding hydrogens is 389 g/mol. The number of anilines is 1. The van der Waals surface area contributed by atoms with E-state index in [1.165, 1.54) is 40.5 Å². The fourth-order valence-electron chi connectivity index (χ4n) is 3.51. The van der Waals surface area contributed by atoms with E-state index in [0.29, 0.717) is 12.1 Å². The SMILES string of the molecule is O=C(CCc1ccccc1)C1=C(O)C(=O)N(c2ccc(F)cc2)C1c1cccs1. The van der Waals surface area contributed by atoms with Crippen LogP contribution in [0.5, 0.6) is 0 Å². The number of aliphatic hydroxyl groups is 1. The lowest BCUT2D eigenvalue weighted by Gasteiger charge is -2.25. The zero-order chi connectivity index (χ0) is 20.4. The molecule has 0 aliphatic carbocycles. The highest BCUT2D eigenvalue weighted by Crippen LogP contribution is 2.42. The van der Waals surface area contributed by atoms with Crippen LogP contribution >= 0.6 is 11.3 Å². The van der Waals surface area contributed by atoms with E-state index in [1.54, 1.807) is 0 Å². The van der Waals surface area contributed by atoms with Gasteiger partial charge in [0.05, 0.1) is 5.57 Å². The van der Waals surface area contributed by atoms with E-state index in [1.807, 2.05) is 47.8 Å². The molecule has 146 valence electrons. The maximum Gasteiger partial charge on any atom is 0.294 e. The Labute approximate surface area is 171 Å². The lowest BCUT2D eigenvalue weighted by Crippen LogP contribution is -2.30. The molecule has 0 bridgehead atoms. The van der Waals surface area contributed by atoms with E-state index >= 15 is 0 Å². The summed E-state index contributed by atoms with van der Waals surface area (Å²) in [6.45, 7) is 0. The molecule has 0 saturated heterocycles. The van der Waals surface area contributed by atoms with Gasteiger partial charge in [-0.15, -0.1) is 11.3 Å². The van der Waals surface area contributed by atoms with Crippen LogP contribution in [0.4, 0.5) is 10.1 Å². The van der Waals surface area contributed by atoms with Crippen molar-refractivity contribution in [3.8, 4) is 0 Å². The zero-order valence-corrected chi connectivity index (χ0v) is 16.2. The van der Waals surface area contributed by atoms with Gasteiger partial charge in [-0.05, 0) is 47.7 Å². The summed E-state index contributed by atoms with van der Waals surface area (Å²) >= 11 is 1.40. The molecule has 0 saturated carbocycles. The quantitative estimate of drug-likeness (QED) is 0.626. The van der Waals surface area contributed by atoms with E-state index < -0.39 is 23.5 Å². The molecule has 1 aromatic heterocycles. The van der Waals surface area contributed by atoms with Crippen molar-refractivity contribution in [3.05, 3.63) is 99.7 Å². The van der Waals surface area contributed by atoms with Crippen LogP contribution in [0.25, 0.3) is 0 Å². The topological polar surface area (TPSA) is 57.6 Å². The summed E-state index contributed by atoms with van der Waals surface area (Å²) < 4.78 is 13.4. The van der Waals surface area contributed by atoms with Gasteiger partial charge in [0.15, 0.2) is 11.5 Å². The molecule has 1 atom stereocenters. The smallest absolute Gasteiger partial charge is 0.294 e. The van der Waals surface area contributed by atoms with Crippen molar-refractivity contribution in [2.24, 2.45) is 0 Å². The van der Waals surface area contributed by atoms with Gasteiger partial charge in [0.1, 0.15) is 11.9 Å². The monoisotopic (exact) mass is 407 g/mol. The minimum atomic E-state index is -0.726. The number of halogens is 1. The van der Waals surface area contributed by atoms with Gasteiger partial charge in [-0.3, -0.25) is 14.5 Å². The first-order valence-corrected chi connectivity index (χ1v) is 10.1. The summed E-state index contributed by atoms with van der Waals surface area (Å²) in [5, 5.41) is 12.4. The Morgan fingerprint density at radius 1 is 1.03 bits per heavy atom. The Hall–Kier alpha value is -3.25. The number of Topliss-reactive ketones (excluding diaryl/α,β-unsaturated/α-hetero) is 1. The standard InChI is InChI=1S/C23H18FNO3S/c24-16-9-11-17(12-10-16)25-21(19-7-4-14-29-19)20(22(27)23(25)28)18(26)13-8-15-5-2-1-3-6-15/h1-7,9-12,14,21,27H,8,13H2. The van der Waals surface area contributed by atoms with Crippen molar-refractivity contribution in [3.63, 3.8) is 0 Å². The molecule has 1 aliphatic rings. The van der Waals surface area contributed by atoms with Crippen molar-refractivity contribution in [2.75, 3.05) is 4.90 Å². The van der Waals surface area contributed by atoms with Crippen LogP contribution in [0.15, 0.2) is 83.4 Å². The molecule has 1 amide bonds. The maximum atomic E-state index is 13.4. The van der Waals surface area contributed by atoms with Crippen molar-refractivity contribution in [1.29, 1.82) is 0 Å². The Morgan fingerprint density at radius 2 is 1.76 bits per heavy atom. The second-order valence-corrected chi connectivity index (χ2v) is 7.72. The van der Waals surface area contributed by atoms with Gasteiger partial charge in [0.25, 0.3) is 5.91 Å². The molecule has 0 spiro atoms. The lowest BCUT2D eigenvalue weighted by molar-refractivity contribution is -0.118. The third kappa shape index (κ3) is 3.71. The van der Waals surface area contributed by atoms with Gasteiger partial charge in [0, 0.05) is 17.0 Å². The molecule has 0 fully saturated rings. The van der Waals surface area contributed by atoms with Gasteiger partial charge in [-0.2, -0.15) is 0 Å². The predicted octanol–water partition coefficient (Wildman–Crippen LogP) is 4.99. The second-order valence-electron chi connectivity index (χ2n) is 6.74. The minimum Gasteiger partial charge on any atom is -0.503 e. The van der Waals surface area contributed by atoms with Crippen molar-refractivity contribution in [2.45, 2.75) is 18.9 Å². The summed E-state index contributed by atoms with van der Waals surface area (Å²) in [4.78, 5) is 28.0. The van der Waals surface area contributed by atoms with E-state index in [9.17, 15) is 19.1 Å². The lowest BCUT2D eigenvalue weighted by atomic mass is 9.97. The van der Waals surface area contributed by atoms with Gasteiger partial charge >= 0.3 is 0 Å². The van der Waals surface area contributed by atoms with E-state index in [4.69, 9.17) is 0 Å². The van der Waals surface area contributed by atoms with E-state index in [-0.39, 0.29) is 17.8 Å². The number of hydrogen-bond acceptors (Lipinski definition) is 4. The van der Waals surface area contributed by atoms with Crippen LogP contribution in [0, 0.1) is 5.82 Å². The predicted molar refractivity (Wildman–Crippen MR) is 110 cm³/mol. The number of rotatable bonds is 6. The van der Waals surface area contributed by atoms with Crippen LogP contribution in [0.2, 0.25) is 0 Å². The normalized spacial score (nSPS) is 16.5. The Kier molecular flexibility index (Phi) is 5.27. The highest BCUT2D eigenvalue weighted by Gasteiger charge is 2.44. The first-order chi connectivity index (χ1) is 14.1. The summed E-state index contributed by atoms with van der Waals surface area (Å²) in [5.74, 6) is -1.89. The summed E-state index contributed by atoms with van der Waals surface area (Å²) in [6, 6.07) is 17.9. The molecule has 4 nitrogen and oxygen atoms in total. The molecule has 29 heavy (non-hydrogen) atoms. The molecule has 2 heterocycles. The highest BCUT2D eigenvalue weighted by atomic mass is 32.1. The molecule has 1 N–H and O–H groups in total. The number of hydrogen-bond donors (Lipinski definition) is 1. The average Bonchev–Trinajstić information content (AvgIpc) is 3.35. The molecule has 1 unspecified atom stereocenters. The average molecular weight is 407 g/mol. The van der Waals surface area contributed by atoms with Crippen LogP contribution in [-0.2, 0) is 16.0 Å². The number of nitrogens with zero attached hydrogens (tertiary/aromatic N) is 1. The molecule has 2 aromatic carbocycles. The number of carbonyl (C=O) groups is 2. The first kappa shape index (κ1) is 19.1. The minimum absolute atomic E-state index is 0.0951. The van der Waals surface area contributed by atoms with E-state index in [2.05, 4.69) is 0 Å². The molecular formula is C23H18FNO3S. The van der Waals surface area contributed by atoms with Crippen molar-refractivity contribution in [1.82, 2.24) is 0 Å². The number of thiophene rings is 1. The fourth-order valence-corrected chi connectivity index (χ4v) is 4.33. The molecule has 6 heteroatoms. The summed E-state index contributed by atoms with van der Waals surface area (Å²) in [5.41, 5.74) is 1.53. The summed E-state index contributed by atoms with van der Waals surface area (Å²) in [6.07, 6.45) is 0.689. The molecule has 3 aromatic rings. The number of ketones is 1. The number of carbonyl (C=O) groups excluding carboxylic acids is 2. The van der Waals surface area contributed by atoms with Gasteiger partial charge < -0.3 is 5.11 Å². The van der Waals surface area contributed by atoms with Crippen molar-refractivity contribution >= 4 is 28.7 Å². The van der Waals surface area contributed by atoms with Crippen LogP contribution in [-0.4, -0.2) is 16.8 Å². The van der Waals surface area contributed by atoms with Gasteiger partial charge in [-0.1, -0.05) is 36.4 Å². The van der Waals surface area contributed by atoms with Crippen LogP contribution < -0.4 is 4.90 Å². The second kappa shape index (κ2) is 8.01. The Bertz CT molecular complexity index is 1060. The number of aryl methyl sites for hydroxylation is 1. The van der Waals surface area contributed by atoms with Gasteiger partial charge in [0.2, 0.25) is 0 Å². The summed E-state index contributed by atoms with van der Waals surface area (Å²) in [7, 11) is 0. The maximum absolute atomic E-state index is 13.4. The van der Waals surface area contributed by atoms with Crippen molar-refractivity contribution < 1.29 is 19.1 Å². The number of amides is 1. The zero-order valence-electron chi connectivity index (χ0n) is 15.4. The van der Waals surface area contributed by atoms with E-state index in [0.717, 1.165) is 10.4 Å². The number of benzene rings is 2. The number of aliphatic hydroxyl groups excluding tert-OH is 1. The van der Waals surface area contributed by atoms with Crippen LogP contribution in [0.3, 0.4) is 0 Å². The highest BCUT2D eigenvalue weighted by molar-refractivity contribution is 7.10. The fraction of sp³-hybridized carbons (Fsp3) is 0.130. The van der Waals surface area contributed by atoms with Gasteiger partial charge in [-0.25, -0.2) is 4.39 Å². The third-order valence-corrected chi connectivity index (χ3v) is 5.83.